The smallest absolute Gasteiger partial charge is 0.326 e. The van der Waals surface area contributed by atoms with Gasteiger partial charge in [-0.25, -0.2) is 0 Å². The van der Waals surface area contributed by atoms with Crippen LogP contribution in [0.1, 0.15) is 46.5 Å². The number of rotatable bonds is 11. The van der Waals surface area contributed by atoms with Gasteiger partial charge in [0.15, 0.2) is 0 Å². The summed E-state index contributed by atoms with van der Waals surface area (Å²) in [4.78, 5) is 12.1. The first-order valence-corrected chi connectivity index (χ1v) is 8.79. The first-order valence-electron chi connectivity index (χ1n) is 7.74. The molecule has 0 amide bonds. The standard InChI is InChI=1S/C15H29NO3S/c1-4-9-16-15(3,14(17)19-5-2)8-6-7-10-20-13-11-18-12-13/h13,16H,4-12H2,1-3H3. The van der Waals surface area contributed by atoms with Gasteiger partial charge in [-0.1, -0.05) is 13.3 Å². The van der Waals surface area contributed by atoms with Crippen molar-refractivity contribution >= 4 is 17.7 Å². The van der Waals surface area contributed by atoms with Gasteiger partial charge in [0.2, 0.25) is 0 Å². The van der Waals surface area contributed by atoms with Crippen LogP contribution in [0.25, 0.3) is 0 Å². The Morgan fingerprint density at radius 1 is 1.40 bits per heavy atom. The number of ether oxygens (including phenoxy) is 2. The Balaban J connectivity index is 2.25. The summed E-state index contributed by atoms with van der Waals surface area (Å²) in [5, 5.41) is 4.05. The van der Waals surface area contributed by atoms with Crippen molar-refractivity contribution in [2.24, 2.45) is 0 Å². The zero-order valence-electron chi connectivity index (χ0n) is 13.1. The molecule has 0 radical (unpaired) electrons. The molecule has 118 valence electrons. The minimum Gasteiger partial charge on any atom is -0.465 e. The molecule has 0 spiro atoms. The fourth-order valence-electron chi connectivity index (χ4n) is 2.09. The number of carbonyl (C=O) groups excluding carboxylic acids is 1. The van der Waals surface area contributed by atoms with Crippen LogP contribution < -0.4 is 5.32 Å². The number of carbonyl (C=O) groups is 1. The lowest BCUT2D eigenvalue weighted by Crippen LogP contribution is -2.50. The van der Waals surface area contributed by atoms with Crippen LogP contribution >= 0.6 is 11.8 Å². The van der Waals surface area contributed by atoms with Gasteiger partial charge in [0.25, 0.3) is 0 Å². The fraction of sp³-hybridized carbons (Fsp3) is 0.933. The van der Waals surface area contributed by atoms with Crippen molar-refractivity contribution in [3.05, 3.63) is 0 Å². The molecule has 0 aromatic carbocycles. The second-order valence-corrected chi connectivity index (χ2v) is 6.87. The molecular formula is C15H29NO3S. The van der Waals surface area contributed by atoms with Crippen LogP contribution in [0.4, 0.5) is 0 Å². The van der Waals surface area contributed by atoms with Crippen molar-refractivity contribution in [1.29, 1.82) is 0 Å². The Labute approximate surface area is 127 Å². The van der Waals surface area contributed by atoms with Crippen molar-refractivity contribution in [3.63, 3.8) is 0 Å². The quantitative estimate of drug-likeness (QED) is 0.469. The van der Waals surface area contributed by atoms with Crippen LogP contribution in [0.5, 0.6) is 0 Å². The van der Waals surface area contributed by atoms with Gasteiger partial charge in [-0.2, -0.15) is 11.8 Å². The molecule has 1 atom stereocenters. The minimum absolute atomic E-state index is 0.117. The van der Waals surface area contributed by atoms with Crippen LogP contribution in [-0.2, 0) is 14.3 Å². The van der Waals surface area contributed by atoms with E-state index in [4.69, 9.17) is 9.47 Å². The van der Waals surface area contributed by atoms with Gasteiger partial charge in [0.1, 0.15) is 5.54 Å². The van der Waals surface area contributed by atoms with Crippen molar-refractivity contribution in [3.8, 4) is 0 Å². The molecule has 0 saturated carbocycles. The second kappa shape index (κ2) is 9.64. The van der Waals surface area contributed by atoms with Crippen LogP contribution in [-0.4, -0.2) is 48.9 Å². The minimum atomic E-state index is -0.531. The van der Waals surface area contributed by atoms with E-state index in [1.807, 2.05) is 25.6 Å². The summed E-state index contributed by atoms with van der Waals surface area (Å²) in [5.74, 6) is 1.04. The predicted molar refractivity (Wildman–Crippen MR) is 84.2 cm³/mol. The highest BCUT2D eigenvalue weighted by Crippen LogP contribution is 2.22. The van der Waals surface area contributed by atoms with Gasteiger partial charge in [-0.15, -0.1) is 0 Å². The molecular weight excluding hydrogens is 274 g/mol. The molecule has 1 saturated heterocycles. The number of hydrogen-bond donors (Lipinski definition) is 1. The zero-order valence-corrected chi connectivity index (χ0v) is 13.9. The summed E-state index contributed by atoms with van der Waals surface area (Å²) in [6.45, 7) is 9.04. The summed E-state index contributed by atoms with van der Waals surface area (Å²) >= 11 is 1.99. The molecule has 1 aliphatic rings. The topological polar surface area (TPSA) is 47.6 Å². The highest BCUT2D eigenvalue weighted by atomic mass is 32.2. The Morgan fingerprint density at radius 3 is 2.70 bits per heavy atom. The summed E-state index contributed by atoms with van der Waals surface area (Å²) in [6, 6.07) is 0. The van der Waals surface area contributed by atoms with E-state index in [0.717, 1.165) is 51.2 Å². The summed E-state index contributed by atoms with van der Waals surface area (Å²) in [7, 11) is 0. The Bertz CT molecular complexity index is 284. The van der Waals surface area contributed by atoms with Crippen LogP contribution in [0, 0.1) is 0 Å². The van der Waals surface area contributed by atoms with Gasteiger partial charge >= 0.3 is 5.97 Å². The maximum absolute atomic E-state index is 12.1. The highest BCUT2D eigenvalue weighted by molar-refractivity contribution is 8.00. The van der Waals surface area contributed by atoms with Crippen LogP contribution in [0.3, 0.4) is 0 Å². The van der Waals surface area contributed by atoms with E-state index in [-0.39, 0.29) is 5.97 Å². The first-order chi connectivity index (χ1) is 9.62. The molecule has 0 aromatic rings. The van der Waals surface area contributed by atoms with Gasteiger partial charge in [-0.05, 0) is 45.4 Å². The largest absolute Gasteiger partial charge is 0.465 e. The molecule has 0 aromatic heterocycles. The number of thioether (sulfide) groups is 1. The van der Waals surface area contributed by atoms with E-state index in [2.05, 4.69) is 12.2 Å². The normalized spacial score (nSPS) is 18.4. The van der Waals surface area contributed by atoms with Crippen molar-refractivity contribution < 1.29 is 14.3 Å². The summed E-state index contributed by atoms with van der Waals surface area (Å²) < 4.78 is 10.4. The molecule has 1 fully saturated rings. The summed E-state index contributed by atoms with van der Waals surface area (Å²) in [6.07, 6.45) is 4.05. The molecule has 1 aliphatic heterocycles. The Morgan fingerprint density at radius 2 is 2.15 bits per heavy atom. The third kappa shape index (κ3) is 6.02. The molecule has 1 unspecified atom stereocenters. The van der Waals surface area contributed by atoms with Crippen molar-refractivity contribution in [1.82, 2.24) is 5.32 Å². The van der Waals surface area contributed by atoms with Gasteiger partial charge in [-0.3, -0.25) is 4.79 Å². The van der Waals surface area contributed by atoms with Gasteiger partial charge in [0, 0.05) is 0 Å². The number of unbranched alkanes of at least 4 members (excludes halogenated alkanes) is 1. The molecule has 4 nitrogen and oxygen atoms in total. The number of hydrogen-bond acceptors (Lipinski definition) is 5. The third-order valence-electron chi connectivity index (χ3n) is 3.52. The second-order valence-electron chi connectivity index (χ2n) is 5.47. The monoisotopic (exact) mass is 303 g/mol. The Kier molecular flexibility index (Phi) is 8.57. The lowest BCUT2D eigenvalue weighted by Gasteiger charge is -2.29. The van der Waals surface area contributed by atoms with Gasteiger partial charge in [0.05, 0.1) is 25.1 Å². The summed E-state index contributed by atoms with van der Waals surface area (Å²) in [5.41, 5.74) is -0.531. The van der Waals surface area contributed by atoms with E-state index >= 15 is 0 Å². The van der Waals surface area contributed by atoms with E-state index in [0.29, 0.717) is 11.9 Å². The van der Waals surface area contributed by atoms with Gasteiger partial charge < -0.3 is 14.8 Å². The first kappa shape index (κ1) is 17.8. The zero-order chi connectivity index (χ0) is 14.8. The molecule has 5 heteroatoms. The number of esters is 1. The molecule has 1 rings (SSSR count). The maximum Gasteiger partial charge on any atom is 0.326 e. The third-order valence-corrected chi connectivity index (χ3v) is 4.79. The average Bonchev–Trinajstić information content (AvgIpc) is 2.38. The number of nitrogens with one attached hydrogen (secondary N) is 1. The molecule has 1 heterocycles. The lowest BCUT2D eigenvalue weighted by molar-refractivity contribution is -0.150. The average molecular weight is 303 g/mol. The fourth-order valence-corrected chi connectivity index (χ4v) is 3.18. The van der Waals surface area contributed by atoms with E-state index in [9.17, 15) is 4.79 Å². The molecule has 0 aliphatic carbocycles. The molecule has 20 heavy (non-hydrogen) atoms. The van der Waals surface area contributed by atoms with Crippen molar-refractivity contribution in [2.45, 2.75) is 57.2 Å². The van der Waals surface area contributed by atoms with Crippen molar-refractivity contribution in [2.75, 3.05) is 32.1 Å². The van der Waals surface area contributed by atoms with E-state index in [1.165, 1.54) is 0 Å². The van der Waals surface area contributed by atoms with E-state index < -0.39 is 5.54 Å². The van der Waals surface area contributed by atoms with E-state index in [1.54, 1.807) is 0 Å². The van der Waals surface area contributed by atoms with Crippen LogP contribution in [0.15, 0.2) is 0 Å². The lowest BCUT2D eigenvalue weighted by atomic mass is 9.95. The predicted octanol–water partition coefficient (Wildman–Crippen LogP) is 2.61. The SMILES string of the molecule is CCCNC(C)(CCCCSC1COC1)C(=O)OCC. The Hall–Kier alpha value is -0.260. The van der Waals surface area contributed by atoms with Crippen LogP contribution in [0.2, 0.25) is 0 Å². The maximum atomic E-state index is 12.1. The molecule has 1 N–H and O–H groups in total. The highest BCUT2D eigenvalue weighted by Gasteiger charge is 2.33. The molecule has 0 bridgehead atoms.